The lowest BCUT2D eigenvalue weighted by Gasteiger charge is -2.26. The van der Waals surface area contributed by atoms with E-state index in [1.54, 1.807) is 6.07 Å². The highest BCUT2D eigenvalue weighted by Gasteiger charge is 2.35. The summed E-state index contributed by atoms with van der Waals surface area (Å²) in [4.78, 5) is 22.3. The van der Waals surface area contributed by atoms with E-state index < -0.39 is 5.82 Å². The van der Waals surface area contributed by atoms with Crippen LogP contribution in [0.4, 0.5) is 10.2 Å². The molecule has 8 heteroatoms. The quantitative estimate of drug-likeness (QED) is 0.885. The fourth-order valence-electron chi connectivity index (χ4n) is 3.04. The number of anilines is 1. The first kappa shape index (κ1) is 16.6. The van der Waals surface area contributed by atoms with Gasteiger partial charge in [-0.25, -0.2) is 14.4 Å². The molecular weight excluding hydrogens is 333 g/mol. The Hall–Kier alpha value is -2.25. The summed E-state index contributed by atoms with van der Waals surface area (Å²) in [5.41, 5.74) is 6.55. The number of nitrogens with one attached hydrogen (secondary N) is 1. The molecule has 3 rings (SSSR count). The average molecular weight is 350 g/mol. The largest absolute Gasteiger partial charge is 0.382 e. The number of nitrogens with two attached hydrogens (primary N) is 1. The van der Waals surface area contributed by atoms with Crippen molar-refractivity contribution in [3.63, 3.8) is 0 Å². The number of rotatable bonds is 3. The molecule has 1 amide bonds. The number of carbonyl (C=O) groups is 1. The first-order valence-electron chi connectivity index (χ1n) is 7.50. The van der Waals surface area contributed by atoms with Gasteiger partial charge in [0.05, 0.1) is 17.1 Å². The van der Waals surface area contributed by atoms with Crippen molar-refractivity contribution in [1.82, 2.24) is 20.2 Å². The first-order chi connectivity index (χ1) is 11.5. The Bertz CT molecular complexity index is 772. The van der Waals surface area contributed by atoms with Gasteiger partial charge in [0, 0.05) is 18.9 Å². The molecule has 1 fully saturated rings. The second kappa shape index (κ2) is 6.70. The van der Waals surface area contributed by atoms with Gasteiger partial charge in [0.15, 0.2) is 11.5 Å². The van der Waals surface area contributed by atoms with E-state index in [1.807, 2.05) is 7.05 Å². The minimum atomic E-state index is -0.474. The third-order valence-electron chi connectivity index (χ3n) is 4.19. The maximum Gasteiger partial charge on any atom is 0.274 e. The van der Waals surface area contributed by atoms with Crippen molar-refractivity contribution in [1.29, 1.82) is 0 Å². The molecule has 0 unspecified atom stereocenters. The molecule has 0 bridgehead atoms. The number of benzene rings is 1. The number of hydrogen-bond acceptors (Lipinski definition) is 5. The molecule has 0 saturated carbocycles. The van der Waals surface area contributed by atoms with E-state index in [2.05, 4.69) is 20.2 Å². The monoisotopic (exact) mass is 349 g/mol. The highest BCUT2D eigenvalue weighted by Crippen LogP contribution is 2.32. The van der Waals surface area contributed by atoms with E-state index in [1.165, 1.54) is 24.5 Å². The highest BCUT2D eigenvalue weighted by molar-refractivity contribution is 6.30. The van der Waals surface area contributed by atoms with Crippen LogP contribution in [0.5, 0.6) is 0 Å². The third kappa shape index (κ3) is 3.18. The number of amides is 1. The van der Waals surface area contributed by atoms with Crippen LogP contribution < -0.4 is 11.1 Å². The Labute approximate surface area is 143 Å². The molecule has 2 heterocycles. The van der Waals surface area contributed by atoms with E-state index >= 15 is 0 Å². The van der Waals surface area contributed by atoms with Crippen molar-refractivity contribution in [3.05, 3.63) is 52.7 Å². The van der Waals surface area contributed by atoms with Gasteiger partial charge in [0.2, 0.25) is 0 Å². The molecule has 2 aromatic rings. The lowest BCUT2D eigenvalue weighted by Crippen LogP contribution is -2.39. The Balaban J connectivity index is 1.83. The van der Waals surface area contributed by atoms with Crippen LogP contribution in [0.1, 0.15) is 28.5 Å². The Kier molecular flexibility index (Phi) is 4.64. The number of hydrogen-bond donors (Lipinski definition) is 2. The summed E-state index contributed by atoms with van der Waals surface area (Å²) in [6.45, 7) is 0.774. The van der Waals surface area contributed by atoms with Crippen LogP contribution in [-0.4, -0.2) is 40.4 Å². The molecule has 3 N–H and O–H groups in total. The normalized spacial score (nSPS) is 21.0. The van der Waals surface area contributed by atoms with Gasteiger partial charge in [0.25, 0.3) is 5.91 Å². The summed E-state index contributed by atoms with van der Waals surface area (Å²) < 4.78 is 13.8. The Morgan fingerprint density at radius 2 is 2.17 bits per heavy atom. The number of nitrogens with zero attached hydrogens (tertiary/aromatic N) is 3. The van der Waals surface area contributed by atoms with Gasteiger partial charge in [-0.1, -0.05) is 17.7 Å². The van der Waals surface area contributed by atoms with E-state index in [0.717, 1.165) is 18.5 Å². The summed E-state index contributed by atoms with van der Waals surface area (Å²) >= 11 is 5.75. The van der Waals surface area contributed by atoms with Gasteiger partial charge in [-0.2, -0.15) is 0 Å². The van der Waals surface area contributed by atoms with Crippen molar-refractivity contribution in [2.75, 3.05) is 19.3 Å². The molecule has 2 atom stereocenters. The van der Waals surface area contributed by atoms with Crippen molar-refractivity contribution >= 4 is 23.3 Å². The van der Waals surface area contributed by atoms with Gasteiger partial charge in [0.1, 0.15) is 5.82 Å². The maximum atomic E-state index is 13.8. The van der Waals surface area contributed by atoms with Crippen LogP contribution in [0.15, 0.2) is 30.6 Å². The number of nitrogen functional groups attached to an aromatic ring is 1. The van der Waals surface area contributed by atoms with E-state index in [-0.39, 0.29) is 34.5 Å². The van der Waals surface area contributed by atoms with Crippen molar-refractivity contribution in [3.8, 4) is 0 Å². The van der Waals surface area contributed by atoms with Gasteiger partial charge < -0.3 is 11.1 Å². The van der Waals surface area contributed by atoms with Crippen LogP contribution >= 0.6 is 11.6 Å². The molecule has 6 nitrogen and oxygen atoms in total. The summed E-state index contributed by atoms with van der Waals surface area (Å²) in [6.07, 6.45) is 3.57. The van der Waals surface area contributed by atoms with Gasteiger partial charge in [-0.15, -0.1) is 0 Å². The second-order valence-corrected chi connectivity index (χ2v) is 6.17. The second-order valence-electron chi connectivity index (χ2n) is 5.76. The summed E-state index contributed by atoms with van der Waals surface area (Å²) in [5.74, 6) is -0.784. The summed E-state index contributed by atoms with van der Waals surface area (Å²) in [5, 5.41) is 3.01. The zero-order valence-corrected chi connectivity index (χ0v) is 13.8. The zero-order chi connectivity index (χ0) is 17.3. The maximum absolute atomic E-state index is 13.8. The lowest BCUT2D eigenvalue weighted by atomic mass is 10.00. The number of likely N-dealkylation sites (tertiary alicyclic amines) is 1. The smallest absolute Gasteiger partial charge is 0.274 e. The minimum absolute atomic E-state index is 0.0762. The Morgan fingerprint density at radius 1 is 1.42 bits per heavy atom. The molecule has 1 aromatic carbocycles. The van der Waals surface area contributed by atoms with E-state index in [0.29, 0.717) is 0 Å². The molecule has 1 aromatic heterocycles. The SMILES string of the molecule is CN1CC[C@@H](NC(=O)c2nccnc2N)[C@@H]1c1ccc(Cl)c(F)c1. The molecule has 0 aliphatic carbocycles. The number of halogens is 2. The van der Waals surface area contributed by atoms with Crippen molar-refractivity contribution in [2.24, 2.45) is 0 Å². The van der Waals surface area contributed by atoms with Crippen molar-refractivity contribution < 1.29 is 9.18 Å². The molecule has 1 aliphatic rings. The number of aromatic nitrogens is 2. The standard InChI is InChI=1S/C16H17ClFN5O/c1-23-7-4-12(14(23)9-2-3-10(17)11(18)8-9)22-16(24)13-15(19)21-6-5-20-13/h2-3,5-6,8,12,14H,4,7H2,1H3,(H2,19,21)(H,22,24)/t12-,14+/m1/s1. The van der Waals surface area contributed by atoms with Gasteiger partial charge in [-0.05, 0) is 31.2 Å². The van der Waals surface area contributed by atoms with Crippen LogP contribution in [0.25, 0.3) is 0 Å². The van der Waals surface area contributed by atoms with Crippen LogP contribution in [0, 0.1) is 5.82 Å². The number of carbonyl (C=O) groups excluding carboxylic acids is 1. The zero-order valence-electron chi connectivity index (χ0n) is 13.0. The van der Waals surface area contributed by atoms with Crippen LogP contribution in [-0.2, 0) is 0 Å². The van der Waals surface area contributed by atoms with Gasteiger partial charge >= 0.3 is 0 Å². The molecule has 1 aliphatic heterocycles. The fraction of sp³-hybridized carbons (Fsp3) is 0.312. The average Bonchev–Trinajstić information content (AvgIpc) is 2.91. The Morgan fingerprint density at radius 3 is 2.88 bits per heavy atom. The molecule has 0 radical (unpaired) electrons. The minimum Gasteiger partial charge on any atom is -0.382 e. The van der Waals surface area contributed by atoms with E-state index in [4.69, 9.17) is 17.3 Å². The lowest BCUT2D eigenvalue weighted by molar-refractivity contribution is 0.0923. The predicted octanol–water partition coefficient (Wildman–Crippen LogP) is 2.03. The van der Waals surface area contributed by atoms with E-state index in [9.17, 15) is 9.18 Å². The fourth-order valence-corrected chi connectivity index (χ4v) is 3.16. The molecule has 24 heavy (non-hydrogen) atoms. The molecule has 126 valence electrons. The van der Waals surface area contributed by atoms with Crippen LogP contribution in [0.2, 0.25) is 5.02 Å². The predicted molar refractivity (Wildman–Crippen MR) is 89.1 cm³/mol. The first-order valence-corrected chi connectivity index (χ1v) is 7.87. The molecular formula is C16H17ClFN5O. The summed E-state index contributed by atoms with van der Waals surface area (Å²) in [6, 6.07) is 4.36. The van der Waals surface area contributed by atoms with Gasteiger partial charge in [-0.3, -0.25) is 9.69 Å². The highest BCUT2D eigenvalue weighted by atomic mass is 35.5. The summed E-state index contributed by atoms with van der Waals surface area (Å²) in [7, 11) is 1.93. The molecule has 1 saturated heterocycles. The third-order valence-corrected chi connectivity index (χ3v) is 4.50. The number of likely N-dealkylation sites (N-methyl/N-ethyl adjacent to an activating group) is 1. The van der Waals surface area contributed by atoms with Crippen molar-refractivity contribution in [2.45, 2.75) is 18.5 Å². The topological polar surface area (TPSA) is 84.1 Å². The van der Waals surface area contributed by atoms with Crippen LogP contribution in [0.3, 0.4) is 0 Å². The molecule has 0 spiro atoms.